The first kappa shape index (κ1) is 10.7. The third-order valence-corrected chi connectivity index (χ3v) is 2.58. The molecule has 0 saturated heterocycles. The van der Waals surface area contributed by atoms with Crippen molar-refractivity contribution >= 4 is 0 Å². The third-order valence-electron chi connectivity index (χ3n) is 2.58. The number of hydrogen-bond acceptors (Lipinski definition) is 1. The quantitative estimate of drug-likeness (QED) is 0.769. The molecule has 0 aromatic heterocycles. The van der Waals surface area contributed by atoms with E-state index in [1.807, 2.05) is 54.6 Å². The van der Waals surface area contributed by atoms with Gasteiger partial charge in [-0.2, -0.15) is 0 Å². The summed E-state index contributed by atoms with van der Waals surface area (Å²) in [4.78, 5) is 0. The summed E-state index contributed by atoms with van der Waals surface area (Å²) in [5.74, 6) is 0.823. The van der Waals surface area contributed by atoms with Crippen molar-refractivity contribution in [2.75, 3.05) is 7.11 Å². The Balaban J connectivity index is 2.24. The molecule has 2 rings (SSSR count). The number of nitrogens with one attached hydrogen (secondary N) is 1. The van der Waals surface area contributed by atoms with Gasteiger partial charge in [-0.05, 0) is 23.3 Å². The molecule has 16 heavy (non-hydrogen) atoms. The van der Waals surface area contributed by atoms with E-state index in [2.05, 4.69) is 0 Å². The van der Waals surface area contributed by atoms with Crippen LogP contribution >= 0.6 is 0 Å². The van der Waals surface area contributed by atoms with E-state index < -0.39 is 0 Å². The second-order valence-electron chi connectivity index (χ2n) is 3.62. The Bertz CT molecular complexity index is 436. The maximum absolute atomic E-state index is 8.14. The average molecular weight is 212 g/mol. The van der Waals surface area contributed by atoms with Gasteiger partial charge in [0, 0.05) is 0 Å². The van der Waals surface area contributed by atoms with E-state index in [1.54, 1.807) is 7.11 Å². The maximum Gasteiger partial charge on any atom is 0.118 e. The van der Waals surface area contributed by atoms with Gasteiger partial charge in [-0.1, -0.05) is 42.5 Å². The molecular formula is C14H14NO. The van der Waals surface area contributed by atoms with Crippen molar-refractivity contribution in [2.45, 2.75) is 6.04 Å². The summed E-state index contributed by atoms with van der Waals surface area (Å²) < 4.78 is 5.09. The van der Waals surface area contributed by atoms with Gasteiger partial charge >= 0.3 is 0 Å². The molecule has 0 aliphatic rings. The fourth-order valence-electron chi connectivity index (χ4n) is 1.63. The molecule has 0 fully saturated rings. The number of rotatable bonds is 3. The fourth-order valence-corrected chi connectivity index (χ4v) is 1.63. The van der Waals surface area contributed by atoms with Crippen LogP contribution in [0.2, 0.25) is 0 Å². The molecule has 2 nitrogen and oxygen atoms in total. The molecular weight excluding hydrogens is 198 g/mol. The normalized spacial score (nSPS) is 12.1. The van der Waals surface area contributed by atoms with Gasteiger partial charge in [-0.3, -0.25) is 0 Å². The molecule has 0 bridgehead atoms. The monoisotopic (exact) mass is 212 g/mol. The lowest BCUT2D eigenvalue weighted by Crippen LogP contribution is -2.01. The number of ether oxygens (including phenoxy) is 1. The van der Waals surface area contributed by atoms with E-state index in [1.165, 1.54) is 0 Å². The SMILES string of the molecule is COc1ccc(C([NH])c2ccccc2)cc1. The Labute approximate surface area is 95.7 Å². The van der Waals surface area contributed by atoms with Gasteiger partial charge in [0.1, 0.15) is 5.75 Å². The van der Waals surface area contributed by atoms with Crippen LogP contribution in [0.5, 0.6) is 5.75 Å². The predicted octanol–water partition coefficient (Wildman–Crippen LogP) is 3.07. The minimum Gasteiger partial charge on any atom is -0.497 e. The molecule has 0 saturated carbocycles. The van der Waals surface area contributed by atoms with E-state index in [0.29, 0.717) is 0 Å². The van der Waals surface area contributed by atoms with Crippen molar-refractivity contribution in [1.82, 2.24) is 5.73 Å². The van der Waals surface area contributed by atoms with Crippen molar-refractivity contribution in [3.8, 4) is 5.75 Å². The largest absolute Gasteiger partial charge is 0.497 e. The molecule has 2 aromatic rings. The molecule has 81 valence electrons. The van der Waals surface area contributed by atoms with Crippen molar-refractivity contribution in [1.29, 1.82) is 0 Å². The summed E-state index contributed by atoms with van der Waals surface area (Å²) in [5.41, 5.74) is 10.1. The lowest BCUT2D eigenvalue weighted by molar-refractivity contribution is 0.414. The minimum atomic E-state index is -0.327. The summed E-state index contributed by atoms with van der Waals surface area (Å²) >= 11 is 0. The molecule has 2 aromatic carbocycles. The third kappa shape index (κ3) is 2.23. The maximum atomic E-state index is 8.14. The Morgan fingerprint density at radius 3 is 2.00 bits per heavy atom. The Morgan fingerprint density at radius 1 is 0.875 bits per heavy atom. The van der Waals surface area contributed by atoms with Crippen LogP contribution in [-0.4, -0.2) is 7.11 Å². The van der Waals surface area contributed by atoms with Gasteiger partial charge in [0.2, 0.25) is 0 Å². The number of benzene rings is 2. The van der Waals surface area contributed by atoms with Gasteiger partial charge in [0.05, 0.1) is 13.2 Å². The molecule has 2 heteroatoms. The molecule has 0 spiro atoms. The second kappa shape index (κ2) is 4.81. The highest BCUT2D eigenvalue weighted by molar-refractivity contribution is 5.34. The zero-order valence-corrected chi connectivity index (χ0v) is 9.18. The smallest absolute Gasteiger partial charge is 0.118 e. The summed E-state index contributed by atoms with van der Waals surface area (Å²) in [7, 11) is 1.64. The van der Waals surface area contributed by atoms with Crippen LogP contribution in [0.15, 0.2) is 54.6 Å². The zero-order chi connectivity index (χ0) is 11.4. The molecule has 0 aliphatic heterocycles. The van der Waals surface area contributed by atoms with Crippen LogP contribution in [0, 0.1) is 0 Å². The van der Waals surface area contributed by atoms with Crippen molar-refractivity contribution < 1.29 is 4.74 Å². The first-order valence-corrected chi connectivity index (χ1v) is 5.21. The molecule has 0 amide bonds. The first-order valence-electron chi connectivity index (χ1n) is 5.21. The Morgan fingerprint density at radius 2 is 1.44 bits per heavy atom. The number of methoxy groups -OCH3 is 1. The molecule has 1 atom stereocenters. The minimum absolute atomic E-state index is 0.327. The number of hydrogen-bond donors (Lipinski definition) is 0. The highest BCUT2D eigenvalue weighted by Gasteiger charge is 2.08. The molecule has 1 radical (unpaired) electrons. The van der Waals surface area contributed by atoms with Crippen molar-refractivity contribution in [2.24, 2.45) is 0 Å². The van der Waals surface area contributed by atoms with Crippen LogP contribution in [-0.2, 0) is 0 Å². The summed E-state index contributed by atoms with van der Waals surface area (Å²) in [6.45, 7) is 0. The van der Waals surface area contributed by atoms with Gasteiger partial charge in [0.25, 0.3) is 0 Å². The fraction of sp³-hybridized carbons (Fsp3) is 0.143. The first-order chi connectivity index (χ1) is 7.81. The Hall–Kier alpha value is -1.80. The standard InChI is InChI=1S/C14H14NO/c1-16-13-9-7-12(8-10-13)14(15)11-5-3-2-4-6-11/h2-10,14-15H,1H3. The summed E-state index contributed by atoms with van der Waals surface area (Å²) in [6.07, 6.45) is 0. The molecule has 1 unspecified atom stereocenters. The topological polar surface area (TPSA) is 33.0 Å². The molecule has 1 N–H and O–H groups in total. The van der Waals surface area contributed by atoms with E-state index >= 15 is 0 Å². The van der Waals surface area contributed by atoms with Crippen LogP contribution in [0.4, 0.5) is 0 Å². The highest BCUT2D eigenvalue weighted by Crippen LogP contribution is 2.22. The highest BCUT2D eigenvalue weighted by atomic mass is 16.5. The summed E-state index contributed by atoms with van der Waals surface area (Å²) in [5, 5.41) is 0. The van der Waals surface area contributed by atoms with Gasteiger partial charge in [-0.25, -0.2) is 5.73 Å². The van der Waals surface area contributed by atoms with Crippen LogP contribution < -0.4 is 10.5 Å². The molecule has 0 aliphatic carbocycles. The van der Waals surface area contributed by atoms with E-state index in [9.17, 15) is 0 Å². The van der Waals surface area contributed by atoms with Crippen LogP contribution in [0.1, 0.15) is 17.2 Å². The van der Waals surface area contributed by atoms with Gasteiger partial charge in [-0.15, -0.1) is 0 Å². The van der Waals surface area contributed by atoms with E-state index in [4.69, 9.17) is 10.5 Å². The van der Waals surface area contributed by atoms with Crippen molar-refractivity contribution in [3.63, 3.8) is 0 Å². The lowest BCUT2D eigenvalue weighted by Gasteiger charge is -2.11. The van der Waals surface area contributed by atoms with E-state index in [0.717, 1.165) is 16.9 Å². The van der Waals surface area contributed by atoms with Gasteiger partial charge < -0.3 is 4.74 Å². The van der Waals surface area contributed by atoms with Crippen molar-refractivity contribution in [3.05, 3.63) is 65.7 Å². The lowest BCUT2D eigenvalue weighted by atomic mass is 10.00. The average Bonchev–Trinajstić information content (AvgIpc) is 2.39. The van der Waals surface area contributed by atoms with Crippen LogP contribution in [0.25, 0.3) is 0 Å². The van der Waals surface area contributed by atoms with E-state index in [-0.39, 0.29) is 6.04 Å². The summed E-state index contributed by atoms with van der Waals surface area (Å²) in [6, 6.07) is 17.1. The zero-order valence-electron chi connectivity index (χ0n) is 9.18. The van der Waals surface area contributed by atoms with Crippen LogP contribution in [0.3, 0.4) is 0 Å². The Kier molecular flexibility index (Phi) is 3.22. The second-order valence-corrected chi connectivity index (χ2v) is 3.62. The molecule has 0 heterocycles. The van der Waals surface area contributed by atoms with Gasteiger partial charge in [0.15, 0.2) is 0 Å². The predicted molar refractivity (Wildman–Crippen MR) is 64.4 cm³/mol.